The van der Waals surface area contributed by atoms with E-state index in [-0.39, 0.29) is 5.91 Å². The molecule has 0 fully saturated rings. The fourth-order valence-corrected chi connectivity index (χ4v) is 2.58. The van der Waals surface area contributed by atoms with Crippen molar-refractivity contribution in [3.05, 3.63) is 94.6 Å². The Hall–Kier alpha value is -2.85. The highest BCUT2D eigenvalue weighted by Crippen LogP contribution is 2.15. The van der Waals surface area contributed by atoms with E-state index in [0.717, 1.165) is 11.1 Å². The Balaban J connectivity index is 1.60. The van der Waals surface area contributed by atoms with Gasteiger partial charge in [0.1, 0.15) is 5.82 Å². The normalized spacial score (nSPS) is 10.3. The molecule has 3 aromatic rings. The van der Waals surface area contributed by atoms with Crippen LogP contribution < -0.4 is 10.6 Å². The van der Waals surface area contributed by atoms with Crippen molar-refractivity contribution in [3.8, 4) is 0 Å². The molecule has 0 aliphatic heterocycles. The lowest BCUT2D eigenvalue weighted by Crippen LogP contribution is -2.23. The van der Waals surface area contributed by atoms with Crippen molar-refractivity contribution in [3.63, 3.8) is 0 Å². The zero-order valence-corrected chi connectivity index (χ0v) is 14.3. The predicted molar refractivity (Wildman–Crippen MR) is 101 cm³/mol. The predicted octanol–water partition coefficient (Wildman–Crippen LogP) is 4.28. The molecule has 0 spiro atoms. The van der Waals surface area contributed by atoms with Crippen molar-refractivity contribution >= 4 is 23.3 Å². The van der Waals surface area contributed by atoms with Gasteiger partial charge in [-0.3, -0.25) is 4.79 Å². The molecular weight excluding hydrogens is 334 g/mol. The maximum Gasteiger partial charge on any atom is 0.251 e. The van der Waals surface area contributed by atoms with Crippen LogP contribution in [-0.2, 0) is 13.1 Å². The van der Waals surface area contributed by atoms with Gasteiger partial charge in [-0.1, -0.05) is 60.1 Å². The smallest absolute Gasteiger partial charge is 0.251 e. The van der Waals surface area contributed by atoms with Gasteiger partial charge in [0, 0.05) is 29.9 Å². The topological polar surface area (TPSA) is 54.0 Å². The molecule has 4 nitrogen and oxygen atoms in total. The van der Waals surface area contributed by atoms with Gasteiger partial charge >= 0.3 is 0 Å². The lowest BCUT2D eigenvalue weighted by Gasteiger charge is -2.09. The number of nitrogens with zero attached hydrogens (tertiary/aromatic N) is 1. The van der Waals surface area contributed by atoms with Crippen LogP contribution in [0.2, 0.25) is 5.02 Å². The maximum atomic E-state index is 12.3. The number of halogens is 1. The summed E-state index contributed by atoms with van der Waals surface area (Å²) >= 11 is 6.11. The fraction of sp³-hybridized carbons (Fsp3) is 0.100. The van der Waals surface area contributed by atoms with Crippen LogP contribution >= 0.6 is 11.6 Å². The number of nitrogens with one attached hydrogen (secondary N) is 2. The van der Waals surface area contributed by atoms with E-state index in [2.05, 4.69) is 15.6 Å². The number of hydrogen-bond acceptors (Lipinski definition) is 3. The second-order valence-corrected chi connectivity index (χ2v) is 5.95. The summed E-state index contributed by atoms with van der Waals surface area (Å²) in [5.74, 6) is 0.499. The minimum atomic E-state index is -0.162. The van der Waals surface area contributed by atoms with Crippen LogP contribution in [0.25, 0.3) is 0 Å². The molecule has 2 aromatic carbocycles. The molecule has 0 atom stereocenters. The van der Waals surface area contributed by atoms with Crippen LogP contribution in [0.4, 0.5) is 5.82 Å². The molecule has 5 heteroatoms. The number of anilines is 1. The first-order valence-electron chi connectivity index (χ1n) is 7.98. The Morgan fingerprint density at radius 1 is 0.960 bits per heavy atom. The third-order valence-electron chi connectivity index (χ3n) is 3.74. The van der Waals surface area contributed by atoms with Crippen LogP contribution in [0.5, 0.6) is 0 Å². The van der Waals surface area contributed by atoms with Crippen molar-refractivity contribution in [2.24, 2.45) is 0 Å². The van der Waals surface area contributed by atoms with Gasteiger partial charge in [0.05, 0.1) is 0 Å². The summed E-state index contributed by atoms with van der Waals surface area (Å²) in [6, 6.07) is 20.9. The van der Waals surface area contributed by atoms with Crippen molar-refractivity contribution in [1.29, 1.82) is 0 Å². The molecule has 2 N–H and O–H groups in total. The molecule has 1 aromatic heterocycles. The van der Waals surface area contributed by atoms with E-state index >= 15 is 0 Å². The molecule has 126 valence electrons. The largest absolute Gasteiger partial charge is 0.366 e. The van der Waals surface area contributed by atoms with E-state index in [0.29, 0.717) is 29.5 Å². The van der Waals surface area contributed by atoms with E-state index in [9.17, 15) is 4.79 Å². The van der Waals surface area contributed by atoms with Gasteiger partial charge in [-0.15, -0.1) is 0 Å². The first kappa shape index (κ1) is 17.0. The van der Waals surface area contributed by atoms with Crippen LogP contribution in [0, 0.1) is 0 Å². The molecule has 0 saturated heterocycles. The molecule has 3 rings (SSSR count). The SMILES string of the molecule is O=C(NCc1ccccc1Cl)c1ccnc(NCc2ccccc2)c1. The van der Waals surface area contributed by atoms with Gasteiger partial charge in [0.25, 0.3) is 5.91 Å². The van der Waals surface area contributed by atoms with E-state index in [1.54, 1.807) is 24.4 Å². The van der Waals surface area contributed by atoms with Gasteiger partial charge in [-0.2, -0.15) is 0 Å². The monoisotopic (exact) mass is 351 g/mol. The number of carbonyl (C=O) groups is 1. The van der Waals surface area contributed by atoms with Crippen molar-refractivity contribution in [2.75, 3.05) is 5.32 Å². The number of benzene rings is 2. The quantitative estimate of drug-likeness (QED) is 0.697. The first-order chi connectivity index (χ1) is 12.2. The summed E-state index contributed by atoms with van der Waals surface area (Å²) in [5.41, 5.74) is 2.59. The Morgan fingerprint density at radius 3 is 2.52 bits per heavy atom. The third kappa shape index (κ3) is 4.81. The number of hydrogen-bond donors (Lipinski definition) is 2. The van der Waals surface area contributed by atoms with E-state index in [4.69, 9.17) is 11.6 Å². The summed E-state index contributed by atoms with van der Waals surface area (Å²) in [7, 11) is 0. The summed E-state index contributed by atoms with van der Waals surface area (Å²) < 4.78 is 0. The van der Waals surface area contributed by atoms with Crippen LogP contribution in [-0.4, -0.2) is 10.9 Å². The highest BCUT2D eigenvalue weighted by atomic mass is 35.5. The standard InChI is InChI=1S/C20H18ClN3O/c21-18-9-5-4-8-17(18)14-24-20(25)16-10-11-22-19(12-16)23-13-15-6-2-1-3-7-15/h1-12H,13-14H2,(H,22,23)(H,24,25). The van der Waals surface area contributed by atoms with Crippen molar-refractivity contribution in [2.45, 2.75) is 13.1 Å². The molecule has 0 saturated carbocycles. The van der Waals surface area contributed by atoms with Gasteiger partial charge in [0.15, 0.2) is 0 Å². The van der Waals surface area contributed by atoms with Gasteiger partial charge in [-0.25, -0.2) is 4.98 Å². The number of amides is 1. The summed E-state index contributed by atoms with van der Waals surface area (Å²) in [4.78, 5) is 16.6. The molecule has 1 heterocycles. The molecular formula is C20H18ClN3O. The molecule has 0 aliphatic rings. The second-order valence-electron chi connectivity index (χ2n) is 5.54. The number of carbonyl (C=O) groups excluding carboxylic acids is 1. The van der Waals surface area contributed by atoms with Gasteiger partial charge in [-0.05, 0) is 29.3 Å². The van der Waals surface area contributed by atoms with Crippen molar-refractivity contribution < 1.29 is 4.79 Å². The highest BCUT2D eigenvalue weighted by molar-refractivity contribution is 6.31. The third-order valence-corrected chi connectivity index (χ3v) is 4.10. The molecule has 0 unspecified atom stereocenters. The van der Waals surface area contributed by atoms with Crippen LogP contribution in [0.15, 0.2) is 72.9 Å². The summed E-state index contributed by atoms with van der Waals surface area (Å²) in [6.07, 6.45) is 1.62. The summed E-state index contributed by atoms with van der Waals surface area (Å²) in [5, 5.41) is 6.75. The highest BCUT2D eigenvalue weighted by Gasteiger charge is 2.08. The fourth-order valence-electron chi connectivity index (χ4n) is 2.38. The average molecular weight is 352 g/mol. The lowest BCUT2D eigenvalue weighted by atomic mass is 10.2. The average Bonchev–Trinajstić information content (AvgIpc) is 2.66. The molecule has 0 radical (unpaired) electrons. The Labute approximate surface area is 151 Å². The number of aromatic nitrogens is 1. The van der Waals surface area contributed by atoms with E-state index < -0.39 is 0 Å². The van der Waals surface area contributed by atoms with E-state index in [1.807, 2.05) is 48.5 Å². The van der Waals surface area contributed by atoms with E-state index in [1.165, 1.54) is 0 Å². The Bertz CT molecular complexity index is 852. The zero-order chi connectivity index (χ0) is 17.5. The number of pyridine rings is 1. The van der Waals surface area contributed by atoms with Gasteiger partial charge < -0.3 is 10.6 Å². The second kappa shape index (κ2) is 8.31. The molecule has 0 aliphatic carbocycles. The molecule has 1 amide bonds. The Kier molecular flexibility index (Phi) is 5.65. The Morgan fingerprint density at radius 2 is 1.72 bits per heavy atom. The molecule has 0 bridgehead atoms. The minimum Gasteiger partial charge on any atom is -0.366 e. The summed E-state index contributed by atoms with van der Waals surface area (Å²) in [6.45, 7) is 1.03. The van der Waals surface area contributed by atoms with Crippen LogP contribution in [0.3, 0.4) is 0 Å². The molecule has 25 heavy (non-hydrogen) atoms. The lowest BCUT2D eigenvalue weighted by molar-refractivity contribution is 0.0951. The van der Waals surface area contributed by atoms with Crippen LogP contribution in [0.1, 0.15) is 21.5 Å². The maximum absolute atomic E-state index is 12.3. The first-order valence-corrected chi connectivity index (χ1v) is 8.35. The zero-order valence-electron chi connectivity index (χ0n) is 13.6. The minimum absolute atomic E-state index is 0.162. The number of rotatable bonds is 6. The van der Waals surface area contributed by atoms with Gasteiger partial charge in [0.2, 0.25) is 0 Å². The van der Waals surface area contributed by atoms with Crippen molar-refractivity contribution in [1.82, 2.24) is 10.3 Å².